The van der Waals surface area contributed by atoms with Crippen LogP contribution in [0.5, 0.6) is 0 Å². The third-order valence-electron chi connectivity index (χ3n) is 4.82. The Morgan fingerprint density at radius 1 is 1.19 bits per heavy atom. The van der Waals surface area contributed by atoms with Crippen molar-refractivity contribution in [3.63, 3.8) is 0 Å². The van der Waals surface area contributed by atoms with E-state index in [0.717, 1.165) is 0 Å². The average molecular weight is 287 g/mol. The number of rotatable bonds is 2. The first-order chi connectivity index (χ1) is 9.85. The van der Waals surface area contributed by atoms with Crippen LogP contribution in [0.15, 0.2) is 18.3 Å². The first-order valence-corrected chi connectivity index (χ1v) is 8.34. The second-order valence-corrected chi connectivity index (χ2v) is 8.16. The Bertz CT molecular complexity index is 491. The minimum atomic E-state index is 0.195. The normalized spacial score (nSPS) is 28.1. The fraction of sp³-hybridized carbons (Fsp3) is 0.722. The molecule has 2 heterocycles. The smallest absolute Gasteiger partial charge is 0.0605 e. The van der Waals surface area contributed by atoms with E-state index in [-0.39, 0.29) is 11.1 Å². The Balaban J connectivity index is 1.75. The van der Waals surface area contributed by atoms with Crippen molar-refractivity contribution in [1.82, 2.24) is 15.6 Å². The van der Waals surface area contributed by atoms with Gasteiger partial charge in [-0.15, -0.1) is 0 Å². The Morgan fingerprint density at radius 2 is 1.90 bits per heavy atom. The van der Waals surface area contributed by atoms with Gasteiger partial charge in [-0.3, -0.25) is 4.98 Å². The number of aryl methyl sites for hydroxylation is 1. The van der Waals surface area contributed by atoms with Gasteiger partial charge in [0.25, 0.3) is 0 Å². The molecular weight excluding hydrogens is 258 g/mol. The molecule has 116 valence electrons. The first-order valence-electron chi connectivity index (χ1n) is 8.34. The molecule has 1 aromatic heterocycles. The van der Waals surface area contributed by atoms with Crippen LogP contribution in [0.4, 0.5) is 0 Å². The van der Waals surface area contributed by atoms with E-state index in [0.29, 0.717) is 12.1 Å². The van der Waals surface area contributed by atoms with E-state index in [1.54, 1.807) is 0 Å². The molecule has 2 N–H and O–H groups in total. The summed E-state index contributed by atoms with van der Waals surface area (Å²) in [6, 6.07) is 5.31. The Labute approximate surface area is 128 Å². The average Bonchev–Trinajstić information content (AvgIpc) is 2.35. The molecule has 0 radical (unpaired) electrons. The molecule has 1 aliphatic carbocycles. The van der Waals surface area contributed by atoms with Crippen LogP contribution in [0, 0.1) is 0 Å². The number of hydrogen-bond donors (Lipinski definition) is 2. The molecule has 21 heavy (non-hydrogen) atoms. The number of aromatic nitrogens is 1. The van der Waals surface area contributed by atoms with Crippen molar-refractivity contribution in [2.45, 2.75) is 83.0 Å². The molecule has 1 saturated heterocycles. The van der Waals surface area contributed by atoms with E-state index in [1.165, 1.54) is 43.4 Å². The zero-order chi connectivity index (χ0) is 15.1. The summed E-state index contributed by atoms with van der Waals surface area (Å²) in [4.78, 5) is 4.66. The van der Waals surface area contributed by atoms with Gasteiger partial charge in [-0.2, -0.15) is 0 Å². The number of piperidine rings is 1. The Kier molecular flexibility index (Phi) is 3.83. The predicted octanol–water partition coefficient (Wildman–Crippen LogP) is 3.36. The lowest BCUT2D eigenvalue weighted by Gasteiger charge is -2.47. The van der Waals surface area contributed by atoms with Crippen molar-refractivity contribution in [1.29, 1.82) is 0 Å². The fourth-order valence-electron chi connectivity index (χ4n) is 4.50. The van der Waals surface area contributed by atoms with Crippen molar-refractivity contribution in [2.75, 3.05) is 0 Å². The molecule has 1 atom stereocenters. The first kappa shape index (κ1) is 15.0. The van der Waals surface area contributed by atoms with Crippen LogP contribution >= 0.6 is 0 Å². The molecule has 0 bridgehead atoms. The summed E-state index contributed by atoms with van der Waals surface area (Å²) in [5.74, 6) is 0. The molecule has 1 aliphatic heterocycles. The number of fused-ring (bicyclic) bond motifs is 1. The Hall–Kier alpha value is -0.930. The molecule has 1 aromatic rings. The highest BCUT2D eigenvalue weighted by Crippen LogP contribution is 2.33. The van der Waals surface area contributed by atoms with Crippen molar-refractivity contribution in [3.05, 3.63) is 29.6 Å². The van der Waals surface area contributed by atoms with Gasteiger partial charge in [0.1, 0.15) is 0 Å². The molecule has 0 spiro atoms. The summed E-state index contributed by atoms with van der Waals surface area (Å²) in [6.45, 7) is 9.26. The van der Waals surface area contributed by atoms with Gasteiger partial charge >= 0.3 is 0 Å². The molecule has 3 nitrogen and oxygen atoms in total. The zero-order valence-corrected chi connectivity index (χ0v) is 13.9. The van der Waals surface area contributed by atoms with Crippen LogP contribution in [0.3, 0.4) is 0 Å². The quantitative estimate of drug-likeness (QED) is 0.876. The Morgan fingerprint density at radius 3 is 2.62 bits per heavy atom. The third kappa shape index (κ3) is 3.46. The highest BCUT2D eigenvalue weighted by atomic mass is 15.1. The molecule has 1 unspecified atom stereocenters. The number of nitrogens with one attached hydrogen (secondary N) is 2. The van der Waals surface area contributed by atoms with Gasteiger partial charge in [-0.05, 0) is 71.4 Å². The summed E-state index contributed by atoms with van der Waals surface area (Å²) >= 11 is 0. The van der Waals surface area contributed by atoms with E-state index < -0.39 is 0 Å². The van der Waals surface area contributed by atoms with Gasteiger partial charge in [0.05, 0.1) is 5.69 Å². The molecule has 2 aliphatic rings. The van der Waals surface area contributed by atoms with Crippen LogP contribution in [0.1, 0.15) is 70.7 Å². The zero-order valence-electron chi connectivity index (χ0n) is 13.9. The molecule has 3 heteroatoms. The van der Waals surface area contributed by atoms with Crippen LogP contribution in [-0.2, 0) is 6.42 Å². The van der Waals surface area contributed by atoms with Crippen molar-refractivity contribution >= 4 is 0 Å². The highest BCUT2D eigenvalue weighted by molar-refractivity contribution is 5.25. The lowest BCUT2D eigenvalue weighted by molar-refractivity contribution is 0.137. The van der Waals surface area contributed by atoms with Gasteiger partial charge in [0.15, 0.2) is 0 Å². The second-order valence-electron chi connectivity index (χ2n) is 8.16. The largest absolute Gasteiger partial charge is 0.307 e. The van der Waals surface area contributed by atoms with Gasteiger partial charge in [-0.25, -0.2) is 0 Å². The van der Waals surface area contributed by atoms with Crippen molar-refractivity contribution in [2.24, 2.45) is 0 Å². The molecule has 1 fully saturated rings. The molecule has 0 aromatic carbocycles. The van der Waals surface area contributed by atoms with Crippen LogP contribution in [0.25, 0.3) is 0 Å². The third-order valence-corrected chi connectivity index (χ3v) is 4.82. The topological polar surface area (TPSA) is 37.0 Å². The maximum atomic E-state index is 4.66. The number of nitrogens with zero attached hydrogens (tertiary/aromatic N) is 1. The molecule has 0 saturated carbocycles. The lowest BCUT2D eigenvalue weighted by atomic mass is 9.79. The van der Waals surface area contributed by atoms with E-state index >= 15 is 0 Å². The summed E-state index contributed by atoms with van der Waals surface area (Å²) in [5.41, 5.74) is 3.12. The van der Waals surface area contributed by atoms with E-state index in [1.807, 2.05) is 6.20 Å². The minimum absolute atomic E-state index is 0.195. The highest BCUT2D eigenvalue weighted by Gasteiger charge is 2.38. The maximum absolute atomic E-state index is 4.66. The van der Waals surface area contributed by atoms with Crippen LogP contribution in [-0.4, -0.2) is 22.1 Å². The molecule has 0 amide bonds. The SMILES string of the molecule is CC1(C)CC(NC2CCCc3cccnc32)CC(C)(C)N1. The fourth-order valence-corrected chi connectivity index (χ4v) is 4.50. The summed E-state index contributed by atoms with van der Waals surface area (Å²) in [5, 5.41) is 7.69. The predicted molar refractivity (Wildman–Crippen MR) is 87.4 cm³/mol. The van der Waals surface area contributed by atoms with Crippen molar-refractivity contribution in [3.8, 4) is 0 Å². The summed E-state index contributed by atoms with van der Waals surface area (Å²) in [6.07, 6.45) is 7.97. The monoisotopic (exact) mass is 287 g/mol. The summed E-state index contributed by atoms with van der Waals surface area (Å²) < 4.78 is 0. The minimum Gasteiger partial charge on any atom is -0.307 e. The maximum Gasteiger partial charge on any atom is 0.0605 e. The van der Waals surface area contributed by atoms with Gasteiger partial charge in [-0.1, -0.05) is 6.07 Å². The van der Waals surface area contributed by atoms with Crippen molar-refractivity contribution < 1.29 is 0 Å². The number of pyridine rings is 1. The van der Waals surface area contributed by atoms with Crippen LogP contribution < -0.4 is 10.6 Å². The van der Waals surface area contributed by atoms with Gasteiger partial charge in [0, 0.05) is 29.4 Å². The standard InChI is InChI=1S/C18H29N3/c1-17(2)11-14(12-18(3,4)21-17)20-15-9-5-7-13-8-6-10-19-16(13)15/h6,8,10,14-15,20-21H,5,7,9,11-12H2,1-4H3. The number of hydrogen-bond acceptors (Lipinski definition) is 3. The van der Waals surface area contributed by atoms with E-state index in [4.69, 9.17) is 0 Å². The van der Waals surface area contributed by atoms with Gasteiger partial charge in [0.2, 0.25) is 0 Å². The summed E-state index contributed by atoms with van der Waals surface area (Å²) in [7, 11) is 0. The lowest BCUT2D eigenvalue weighted by Crippen LogP contribution is -2.62. The van der Waals surface area contributed by atoms with E-state index in [9.17, 15) is 0 Å². The molecular formula is C18H29N3. The van der Waals surface area contributed by atoms with Gasteiger partial charge < -0.3 is 10.6 Å². The van der Waals surface area contributed by atoms with E-state index in [2.05, 4.69) is 55.4 Å². The second kappa shape index (κ2) is 5.36. The van der Waals surface area contributed by atoms with Crippen LogP contribution in [0.2, 0.25) is 0 Å². The molecule has 3 rings (SSSR count).